The highest BCUT2D eigenvalue weighted by Crippen LogP contribution is 2.10. The molecule has 3 aromatic carbocycles. The molecule has 0 saturated carbocycles. The fourth-order valence-corrected chi connectivity index (χ4v) is 2.27. The fraction of sp³-hybridized carbons (Fsp3) is 0.333. The highest BCUT2D eigenvalue weighted by Gasteiger charge is 1.88. The molecule has 0 aliphatic heterocycles. The smallest absolute Gasteiger partial charge is 0.119 e. The largest absolute Gasteiger partial charge is 0.494 e. The maximum atomic E-state index is 5.26. The molecule has 0 aliphatic rings. The highest BCUT2D eigenvalue weighted by atomic mass is 16.5. The van der Waals surface area contributed by atoms with Crippen LogP contribution >= 0.6 is 0 Å². The molecule has 0 heterocycles. The Hall–Kier alpha value is -2.54. The summed E-state index contributed by atoms with van der Waals surface area (Å²) < 4.78 is 5.26. The zero-order valence-electron chi connectivity index (χ0n) is 18.6. The summed E-state index contributed by atoms with van der Waals surface area (Å²) in [5, 5.41) is 0. The SMILES string of the molecule is CC.CCCc1ccccc1.CCOc1ccc(C)cc1.Cc1ccccc1. The van der Waals surface area contributed by atoms with E-state index in [1.54, 1.807) is 0 Å². The van der Waals surface area contributed by atoms with Gasteiger partial charge in [-0.15, -0.1) is 0 Å². The lowest BCUT2D eigenvalue weighted by atomic mass is 10.1. The molecule has 0 unspecified atom stereocenters. The second kappa shape index (κ2) is 17.9. The standard InChI is InChI=1S/C9H12O.C9H12.C7H8.C2H6/c1-3-10-9-6-4-8(2)5-7-9;1-2-6-9-7-4-3-5-8-9;1-7-5-3-2-4-6-7;1-2/h4-7H,3H2,1-2H3;3-5,7-8H,2,6H2,1H3;2-6H,1H3;1-2H3. The van der Waals surface area contributed by atoms with Crippen LogP contribution in [0.3, 0.4) is 0 Å². The Kier molecular flexibility index (Phi) is 16.2. The van der Waals surface area contributed by atoms with Crippen LogP contribution in [0.5, 0.6) is 5.75 Å². The molecule has 3 aromatic rings. The van der Waals surface area contributed by atoms with Gasteiger partial charge in [0.1, 0.15) is 5.75 Å². The molecule has 0 N–H and O–H groups in total. The molecule has 28 heavy (non-hydrogen) atoms. The summed E-state index contributed by atoms with van der Waals surface area (Å²) in [5.41, 5.74) is 4.03. The van der Waals surface area contributed by atoms with Gasteiger partial charge in [0.15, 0.2) is 0 Å². The Morgan fingerprint density at radius 1 is 0.607 bits per heavy atom. The number of ether oxygens (including phenoxy) is 1. The first-order valence-electron chi connectivity index (χ1n) is 10.4. The lowest BCUT2D eigenvalue weighted by molar-refractivity contribution is 0.340. The quantitative estimate of drug-likeness (QED) is 0.446. The van der Waals surface area contributed by atoms with E-state index in [-0.39, 0.29) is 0 Å². The van der Waals surface area contributed by atoms with Gasteiger partial charge in [-0.3, -0.25) is 0 Å². The number of rotatable bonds is 4. The molecule has 3 rings (SSSR count). The van der Waals surface area contributed by atoms with Crippen molar-refractivity contribution in [2.24, 2.45) is 0 Å². The Morgan fingerprint density at radius 2 is 1.07 bits per heavy atom. The summed E-state index contributed by atoms with van der Waals surface area (Å²) >= 11 is 0. The topological polar surface area (TPSA) is 9.23 Å². The molecule has 1 heteroatoms. The molecular formula is C27H38O. The second-order valence-electron chi connectivity index (χ2n) is 6.14. The molecule has 0 amide bonds. The number of aryl methyl sites for hydroxylation is 3. The van der Waals surface area contributed by atoms with Crippen LogP contribution in [-0.4, -0.2) is 6.61 Å². The minimum absolute atomic E-state index is 0.739. The van der Waals surface area contributed by atoms with Crippen LogP contribution in [0.4, 0.5) is 0 Å². The molecule has 0 bridgehead atoms. The van der Waals surface area contributed by atoms with Gasteiger partial charge in [0.05, 0.1) is 6.61 Å². The number of hydrogen-bond acceptors (Lipinski definition) is 1. The van der Waals surface area contributed by atoms with Crippen molar-refractivity contribution in [1.29, 1.82) is 0 Å². The average molecular weight is 379 g/mol. The van der Waals surface area contributed by atoms with Gasteiger partial charge < -0.3 is 4.74 Å². The van der Waals surface area contributed by atoms with Gasteiger partial charge in [0.2, 0.25) is 0 Å². The number of hydrogen-bond donors (Lipinski definition) is 0. The second-order valence-corrected chi connectivity index (χ2v) is 6.14. The Balaban J connectivity index is 0.000000378. The summed E-state index contributed by atoms with van der Waals surface area (Å²) in [4.78, 5) is 0. The Bertz CT molecular complexity index is 672. The molecule has 152 valence electrons. The predicted molar refractivity (Wildman–Crippen MR) is 125 cm³/mol. The van der Waals surface area contributed by atoms with E-state index >= 15 is 0 Å². The Labute approximate surface area is 173 Å². The van der Waals surface area contributed by atoms with Gasteiger partial charge in [-0.2, -0.15) is 0 Å². The van der Waals surface area contributed by atoms with Crippen LogP contribution in [0.15, 0.2) is 84.9 Å². The van der Waals surface area contributed by atoms with Crippen LogP contribution in [0.2, 0.25) is 0 Å². The molecule has 0 atom stereocenters. The molecular weight excluding hydrogens is 340 g/mol. The zero-order valence-corrected chi connectivity index (χ0v) is 18.6. The van der Waals surface area contributed by atoms with Crippen molar-refractivity contribution in [3.63, 3.8) is 0 Å². The molecule has 0 aliphatic carbocycles. The molecule has 0 fully saturated rings. The van der Waals surface area contributed by atoms with E-state index < -0.39 is 0 Å². The van der Waals surface area contributed by atoms with Crippen LogP contribution in [-0.2, 0) is 6.42 Å². The summed E-state index contributed by atoms with van der Waals surface area (Å²) in [7, 11) is 0. The summed E-state index contributed by atoms with van der Waals surface area (Å²) in [6.45, 7) is 13.1. The first-order valence-corrected chi connectivity index (χ1v) is 10.4. The predicted octanol–water partition coefficient (Wildman–Crippen LogP) is 8.05. The fourth-order valence-electron chi connectivity index (χ4n) is 2.27. The van der Waals surface area contributed by atoms with Gasteiger partial charge >= 0.3 is 0 Å². The first-order chi connectivity index (χ1) is 13.7. The maximum Gasteiger partial charge on any atom is 0.119 e. The van der Waals surface area contributed by atoms with Gasteiger partial charge in [-0.05, 0) is 44.9 Å². The van der Waals surface area contributed by atoms with Crippen LogP contribution in [0.25, 0.3) is 0 Å². The first kappa shape index (κ1) is 25.5. The third-order valence-electron chi connectivity index (χ3n) is 3.65. The molecule has 0 aromatic heterocycles. The summed E-state index contributed by atoms with van der Waals surface area (Å²) in [5.74, 6) is 0.952. The average Bonchev–Trinajstić information content (AvgIpc) is 2.74. The van der Waals surface area contributed by atoms with E-state index in [0.29, 0.717) is 0 Å². The molecule has 0 saturated heterocycles. The lowest BCUT2D eigenvalue weighted by Gasteiger charge is -2.01. The van der Waals surface area contributed by atoms with Crippen molar-refractivity contribution in [3.05, 3.63) is 102 Å². The monoisotopic (exact) mass is 378 g/mol. The minimum Gasteiger partial charge on any atom is -0.494 e. The summed E-state index contributed by atoms with van der Waals surface area (Å²) in [6, 6.07) is 28.9. The third-order valence-corrected chi connectivity index (χ3v) is 3.65. The van der Waals surface area contributed by atoms with Crippen LogP contribution in [0, 0.1) is 13.8 Å². The molecule has 0 radical (unpaired) electrons. The van der Waals surface area contributed by atoms with Gasteiger partial charge in [0, 0.05) is 0 Å². The summed E-state index contributed by atoms with van der Waals surface area (Å²) in [6.07, 6.45) is 2.45. The minimum atomic E-state index is 0.739. The van der Waals surface area contributed by atoms with E-state index in [1.807, 2.05) is 63.2 Å². The van der Waals surface area contributed by atoms with E-state index in [2.05, 4.69) is 63.2 Å². The van der Waals surface area contributed by atoms with Crippen molar-refractivity contribution >= 4 is 0 Å². The van der Waals surface area contributed by atoms with Gasteiger partial charge in [-0.1, -0.05) is 111 Å². The van der Waals surface area contributed by atoms with Crippen molar-refractivity contribution in [2.75, 3.05) is 6.61 Å². The van der Waals surface area contributed by atoms with Crippen molar-refractivity contribution in [1.82, 2.24) is 0 Å². The normalized spacial score (nSPS) is 8.79. The number of benzene rings is 3. The lowest BCUT2D eigenvalue weighted by Crippen LogP contribution is -1.90. The van der Waals surface area contributed by atoms with E-state index in [4.69, 9.17) is 4.74 Å². The van der Waals surface area contributed by atoms with Crippen LogP contribution < -0.4 is 4.74 Å². The van der Waals surface area contributed by atoms with E-state index in [1.165, 1.54) is 29.5 Å². The van der Waals surface area contributed by atoms with Gasteiger partial charge in [-0.25, -0.2) is 0 Å². The van der Waals surface area contributed by atoms with Crippen molar-refractivity contribution < 1.29 is 4.74 Å². The van der Waals surface area contributed by atoms with Crippen molar-refractivity contribution in [2.45, 2.75) is 54.4 Å². The zero-order chi connectivity index (χ0) is 21.0. The molecule has 1 nitrogen and oxygen atoms in total. The van der Waals surface area contributed by atoms with Crippen LogP contribution in [0.1, 0.15) is 50.8 Å². The van der Waals surface area contributed by atoms with Gasteiger partial charge in [0.25, 0.3) is 0 Å². The van der Waals surface area contributed by atoms with E-state index in [0.717, 1.165) is 12.4 Å². The molecule has 0 spiro atoms. The highest BCUT2D eigenvalue weighted by molar-refractivity contribution is 5.26. The van der Waals surface area contributed by atoms with Crippen molar-refractivity contribution in [3.8, 4) is 5.75 Å². The third kappa shape index (κ3) is 13.6. The Morgan fingerprint density at radius 3 is 1.46 bits per heavy atom. The maximum absolute atomic E-state index is 5.26. The van der Waals surface area contributed by atoms with E-state index in [9.17, 15) is 0 Å².